The van der Waals surface area contributed by atoms with Crippen molar-refractivity contribution in [3.8, 4) is 0 Å². The van der Waals surface area contributed by atoms with Crippen LogP contribution in [0.25, 0.3) is 0 Å². The monoisotopic (exact) mass is 280 g/mol. The van der Waals surface area contributed by atoms with Crippen LogP contribution in [0.5, 0.6) is 0 Å². The molecule has 0 spiro atoms. The second-order valence-corrected chi connectivity index (χ2v) is 5.82. The van der Waals surface area contributed by atoms with E-state index in [1.54, 1.807) is 0 Å². The van der Waals surface area contributed by atoms with E-state index in [0.29, 0.717) is 18.8 Å². The van der Waals surface area contributed by atoms with Gasteiger partial charge in [0, 0.05) is 12.2 Å². The standard InChI is InChI=1S/C15H21FN2O2/c1-10-4-6-15(20,7-5-10)9-18-14(19)12-8-11(16)2-3-13(12)17/h2-3,8,10,20H,4-7,9,17H2,1H3,(H,18,19). The molecule has 4 nitrogen and oxygen atoms in total. The van der Waals surface area contributed by atoms with Crippen molar-refractivity contribution in [3.05, 3.63) is 29.6 Å². The number of nitrogen functional groups attached to an aromatic ring is 1. The first-order valence-corrected chi connectivity index (χ1v) is 6.95. The van der Waals surface area contributed by atoms with E-state index in [9.17, 15) is 14.3 Å². The molecule has 20 heavy (non-hydrogen) atoms. The number of amides is 1. The second kappa shape index (κ2) is 5.79. The fourth-order valence-electron chi connectivity index (χ4n) is 2.54. The fraction of sp³-hybridized carbons (Fsp3) is 0.533. The minimum absolute atomic E-state index is 0.109. The first-order valence-electron chi connectivity index (χ1n) is 6.95. The molecule has 0 aliphatic heterocycles. The molecule has 4 N–H and O–H groups in total. The van der Waals surface area contributed by atoms with E-state index in [1.165, 1.54) is 12.1 Å². The van der Waals surface area contributed by atoms with E-state index in [0.717, 1.165) is 18.9 Å². The van der Waals surface area contributed by atoms with Crippen molar-refractivity contribution in [2.75, 3.05) is 12.3 Å². The lowest BCUT2D eigenvalue weighted by molar-refractivity contribution is -0.00539. The Kier molecular flexibility index (Phi) is 4.28. The highest BCUT2D eigenvalue weighted by Crippen LogP contribution is 2.31. The Morgan fingerprint density at radius 2 is 2.15 bits per heavy atom. The summed E-state index contributed by atoms with van der Waals surface area (Å²) in [6.45, 7) is 2.33. The topological polar surface area (TPSA) is 75.3 Å². The summed E-state index contributed by atoms with van der Waals surface area (Å²) in [4.78, 5) is 12.0. The number of benzene rings is 1. The van der Waals surface area contributed by atoms with E-state index in [4.69, 9.17) is 5.73 Å². The smallest absolute Gasteiger partial charge is 0.253 e. The largest absolute Gasteiger partial charge is 0.398 e. The SMILES string of the molecule is CC1CCC(O)(CNC(=O)c2cc(F)ccc2N)CC1. The van der Waals surface area contributed by atoms with Gasteiger partial charge in [-0.15, -0.1) is 0 Å². The molecule has 0 radical (unpaired) electrons. The van der Waals surface area contributed by atoms with Crippen molar-refractivity contribution in [2.24, 2.45) is 5.92 Å². The molecule has 1 aliphatic rings. The van der Waals surface area contributed by atoms with E-state index < -0.39 is 17.3 Å². The van der Waals surface area contributed by atoms with Crippen molar-refractivity contribution in [1.29, 1.82) is 0 Å². The number of nitrogens with two attached hydrogens (primary N) is 1. The van der Waals surface area contributed by atoms with Crippen molar-refractivity contribution in [2.45, 2.75) is 38.2 Å². The van der Waals surface area contributed by atoms with Gasteiger partial charge in [0.2, 0.25) is 0 Å². The molecule has 0 aromatic heterocycles. The highest BCUT2D eigenvalue weighted by Gasteiger charge is 2.32. The van der Waals surface area contributed by atoms with E-state index in [2.05, 4.69) is 12.2 Å². The Hall–Kier alpha value is -1.62. The molecule has 0 unspecified atom stereocenters. The summed E-state index contributed by atoms with van der Waals surface area (Å²) in [5.74, 6) is -0.339. The van der Waals surface area contributed by atoms with Crippen molar-refractivity contribution in [3.63, 3.8) is 0 Å². The van der Waals surface area contributed by atoms with Crippen LogP contribution < -0.4 is 11.1 Å². The molecule has 2 rings (SSSR count). The van der Waals surface area contributed by atoms with Crippen LogP contribution in [0.2, 0.25) is 0 Å². The molecule has 0 saturated heterocycles. The van der Waals surface area contributed by atoms with Crippen molar-refractivity contribution >= 4 is 11.6 Å². The van der Waals surface area contributed by atoms with Crippen molar-refractivity contribution in [1.82, 2.24) is 5.32 Å². The first kappa shape index (κ1) is 14.8. The van der Waals surface area contributed by atoms with E-state index in [1.807, 2.05) is 0 Å². The molecule has 1 saturated carbocycles. The summed E-state index contributed by atoms with van der Waals surface area (Å²) < 4.78 is 13.1. The number of carbonyl (C=O) groups is 1. The third-order valence-electron chi connectivity index (χ3n) is 4.04. The summed E-state index contributed by atoms with van der Waals surface area (Å²) in [6, 6.07) is 3.68. The van der Waals surface area contributed by atoms with Gasteiger partial charge in [-0.2, -0.15) is 0 Å². The lowest BCUT2D eigenvalue weighted by Gasteiger charge is -2.35. The lowest BCUT2D eigenvalue weighted by Crippen LogP contribution is -2.45. The Balaban J connectivity index is 1.97. The summed E-state index contributed by atoms with van der Waals surface area (Å²) in [6.07, 6.45) is 3.25. The Morgan fingerprint density at radius 1 is 1.50 bits per heavy atom. The molecule has 1 aromatic carbocycles. The second-order valence-electron chi connectivity index (χ2n) is 5.82. The summed E-state index contributed by atoms with van der Waals surface area (Å²) in [5, 5.41) is 13.0. The van der Waals surface area contributed by atoms with Crippen LogP contribution in [0.1, 0.15) is 43.0 Å². The molecule has 1 amide bonds. The Bertz CT molecular complexity index is 497. The van der Waals surface area contributed by atoms with Gasteiger partial charge in [0.05, 0.1) is 11.2 Å². The zero-order valence-corrected chi connectivity index (χ0v) is 11.7. The van der Waals surface area contributed by atoms with Gasteiger partial charge in [0.15, 0.2) is 0 Å². The number of anilines is 1. The highest BCUT2D eigenvalue weighted by atomic mass is 19.1. The number of hydrogen-bond donors (Lipinski definition) is 3. The maximum atomic E-state index is 13.1. The van der Waals surface area contributed by atoms with Gasteiger partial charge < -0.3 is 16.2 Å². The van der Waals surface area contributed by atoms with Crippen LogP contribution in [-0.2, 0) is 0 Å². The van der Waals surface area contributed by atoms with Crippen LogP contribution in [0.4, 0.5) is 10.1 Å². The average molecular weight is 280 g/mol. The molecular weight excluding hydrogens is 259 g/mol. The van der Waals surface area contributed by atoms with Gasteiger partial charge in [-0.25, -0.2) is 4.39 Å². The molecule has 0 heterocycles. The minimum atomic E-state index is -0.857. The molecule has 110 valence electrons. The quantitative estimate of drug-likeness (QED) is 0.742. The van der Waals surface area contributed by atoms with E-state index >= 15 is 0 Å². The predicted molar refractivity (Wildman–Crippen MR) is 75.7 cm³/mol. The molecule has 5 heteroatoms. The third-order valence-corrected chi connectivity index (χ3v) is 4.04. The number of aliphatic hydroxyl groups is 1. The van der Waals surface area contributed by atoms with Gasteiger partial charge in [-0.05, 0) is 49.8 Å². The fourth-order valence-corrected chi connectivity index (χ4v) is 2.54. The lowest BCUT2D eigenvalue weighted by atomic mass is 9.79. The van der Waals surface area contributed by atoms with Gasteiger partial charge in [-0.3, -0.25) is 4.79 Å². The highest BCUT2D eigenvalue weighted by molar-refractivity contribution is 5.99. The van der Waals surface area contributed by atoms with E-state index in [-0.39, 0.29) is 17.8 Å². The van der Waals surface area contributed by atoms with Gasteiger partial charge >= 0.3 is 0 Å². The summed E-state index contributed by atoms with van der Waals surface area (Å²) in [5.41, 5.74) is 5.14. The van der Waals surface area contributed by atoms with Crippen LogP contribution in [-0.4, -0.2) is 23.2 Å². The maximum absolute atomic E-state index is 13.1. The summed E-state index contributed by atoms with van der Waals surface area (Å²) in [7, 11) is 0. The Labute approximate surface area is 118 Å². The summed E-state index contributed by atoms with van der Waals surface area (Å²) >= 11 is 0. The molecular formula is C15H21FN2O2. The zero-order valence-electron chi connectivity index (χ0n) is 11.7. The molecule has 0 atom stereocenters. The van der Waals surface area contributed by atoms with Gasteiger partial charge in [0.1, 0.15) is 5.82 Å². The van der Waals surface area contributed by atoms with Crippen molar-refractivity contribution < 1.29 is 14.3 Å². The molecule has 0 bridgehead atoms. The first-order chi connectivity index (χ1) is 9.39. The normalized spacial score (nSPS) is 26.2. The van der Waals surface area contributed by atoms with Gasteiger partial charge in [0.25, 0.3) is 5.91 Å². The van der Waals surface area contributed by atoms with Crippen LogP contribution in [0.15, 0.2) is 18.2 Å². The van der Waals surface area contributed by atoms with Crippen LogP contribution in [0.3, 0.4) is 0 Å². The molecule has 1 aromatic rings. The number of hydrogen-bond acceptors (Lipinski definition) is 3. The number of halogens is 1. The Morgan fingerprint density at radius 3 is 2.80 bits per heavy atom. The third kappa shape index (κ3) is 3.48. The number of carbonyl (C=O) groups excluding carboxylic acids is 1. The van der Waals surface area contributed by atoms with Crippen LogP contribution >= 0.6 is 0 Å². The molecule has 1 fully saturated rings. The average Bonchev–Trinajstić information content (AvgIpc) is 2.43. The van der Waals surface area contributed by atoms with Gasteiger partial charge in [-0.1, -0.05) is 6.92 Å². The maximum Gasteiger partial charge on any atom is 0.253 e. The predicted octanol–water partition coefficient (Wildman–Crippen LogP) is 2.08. The number of nitrogens with one attached hydrogen (secondary N) is 1. The molecule has 1 aliphatic carbocycles. The minimum Gasteiger partial charge on any atom is -0.398 e. The number of rotatable bonds is 3. The van der Waals surface area contributed by atoms with Crippen LogP contribution in [0, 0.1) is 11.7 Å². The zero-order chi connectivity index (χ0) is 14.8.